The summed E-state index contributed by atoms with van der Waals surface area (Å²) in [5, 5.41) is 32.2. The van der Waals surface area contributed by atoms with Crippen LogP contribution in [0.5, 0.6) is 0 Å². The summed E-state index contributed by atoms with van der Waals surface area (Å²) in [6.07, 6.45) is -2.34. The fourth-order valence-corrected chi connectivity index (χ4v) is 2.83. The maximum Gasteiger partial charge on any atom is 0.351 e. The van der Waals surface area contributed by atoms with Crippen molar-refractivity contribution >= 4 is 11.7 Å². The fraction of sp³-hybridized carbons (Fsp3) is 0.353. The van der Waals surface area contributed by atoms with Gasteiger partial charge in [-0.15, -0.1) is 0 Å². The standard InChI is InChI=1S/C17H19N3O6/c1-17(25)13(22)11(9-21)26-15(17)20-8-7-12(19-16(20)24)18-14(23)10-5-3-2-4-6-10/h2-8,11,13,15,21-22,25H,9H2,1H3,(H,18,19,23,24)/t11?,13?,15-,17+/m1/s1. The quantitative estimate of drug-likeness (QED) is 0.577. The molecule has 0 aliphatic carbocycles. The van der Waals surface area contributed by atoms with Crippen molar-refractivity contribution in [2.45, 2.75) is 31.0 Å². The van der Waals surface area contributed by atoms with Crippen molar-refractivity contribution in [3.63, 3.8) is 0 Å². The molecule has 26 heavy (non-hydrogen) atoms. The van der Waals surface area contributed by atoms with E-state index in [-0.39, 0.29) is 5.82 Å². The highest BCUT2D eigenvalue weighted by Gasteiger charge is 2.53. The number of ether oxygens (including phenoxy) is 1. The number of rotatable bonds is 4. The summed E-state index contributed by atoms with van der Waals surface area (Å²) in [4.78, 5) is 28.2. The van der Waals surface area contributed by atoms with Crippen LogP contribution in [0.1, 0.15) is 23.5 Å². The van der Waals surface area contributed by atoms with Gasteiger partial charge in [-0.1, -0.05) is 18.2 Å². The first kappa shape index (κ1) is 18.2. The van der Waals surface area contributed by atoms with E-state index in [9.17, 15) is 24.9 Å². The first-order valence-electron chi connectivity index (χ1n) is 7.97. The Morgan fingerprint density at radius 1 is 1.35 bits per heavy atom. The van der Waals surface area contributed by atoms with E-state index in [2.05, 4.69) is 10.3 Å². The van der Waals surface area contributed by atoms with E-state index in [1.165, 1.54) is 19.2 Å². The zero-order valence-electron chi connectivity index (χ0n) is 13.9. The second kappa shape index (κ2) is 6.96. The Morgan fingerprint density at radius 2 is 2.04 bits per heavy atom. The summed E-state index contributed by atoms with van der Waals surface area (Å²) < 4.78 is 6.38. The van der Waals surface area contributed by atoms with Gasteiger partial charge >= 0.3 is 5.69 Å². The van der Waals surface area contributed by atoms with Crippen LogP contribution >= 0.6 is 0 Å². The minimum Gasteiger partial charge on any atom is -0.394 e. The molecule has 2 unspecified atom stereocenters. The van der Waals surface area contributed by atoms with Gasteiger partial charge in [0.15, 0.2) is 6.23 Å². The van der Waals surface area contributed by atoms with Gasteiger partial charge in [0.25, 0.3) is 5.91 Å². The molecule has 9 heteroatoms. The van der Waals surface area contributed by atoms with Crippen LogP contribution in [-0.2, 0) is 4.74 Å². The molecule has 1 aromatic heterocycles. The van der Waals surface area contributed by atoms with Gasteiger partial charge in [-0.05, 0) is 25.1 Å². The Labute approximate surface area is 148 Å². The highest BCUT2D eigenvalue weighted by Crippen LogP contribution is 2.37. The second-order valence-corrected chi connectivity index (χ2v) is 6.20. The molecule has 0 saturated carbocycles. The number of amides is 1. The summed E-state index contributed by atoms with van der Waals surface area (Å²) in [5.41, 5.74) is -2.17. The van der Waals surface area contributed by atoms with E-state index in [1.54, 1.807) is 30.3 Å². The molecule has 1 aromatic carbocycles. The number of carbonyl (C=O) groups excluding carboxylic acids is 1. The monoisotopic (exact) mass is 361 g/mol. The molecule has 0 spiro atoms. The van der Waals surface area contributed by atoms with Crippen molar-refractivity contribution < 1.29 is 24.9 Å². The zero-order chi connectivity index (χ0) is 18.9. The minimum atomic E-state index is -1.80. The molecule has 1 aliphatic heterocycles. The minimum absolute atomic E-state index is 0.0389. The summed E-state index contributed by atoms with van der Waals surface area (Å²) in [5.74, 6) is -0.382. The van der Waals surface area contributed by atoms with Crippen molar-refractivity contribution in [1.29, 1.82) is 0 Å². The van der Waals surface area contributed by atoms with Crippen molar-refractivity contribution in [2.24, 2.45) is 0 Å². The Balaban J connectivity index is 1.82. The molecule has 4 N–H and O–H groups in total. The molecule has 2 aromatic rings. The van der Waals surface area contributed by atoms with Gasteiger partial charge < -0.3 is 25.4 Å². The van der Waals surface area contributed by atoms with Gasteiger partial charge in [0.1, 0.15) is 23.6 Å². The number of hydrogen-bond donors (Lipinski definition) is 4. The average Bonchev–Trinajstić information content (AvgIpc) is 2.85. The van der Waals surface area contributed by atoms with E-state index >= 15 is 0 Å². The molecule has 1 fully saturated rings. The molecular weight excluding hydrogens is 342 g/mol. The topological polar surface area (TPSA) is 134 Å². The Bertz CT molecular complexity index is 851. The van der Waals surface area contributed by atoms with Crippen molar-refractivity contribution in [1.82, 2.24) is 9.55 Å². The van der Waals surface area contributed by atoms with Crippen LogP contribution in [-0.4, -0.2) is 55.2 Å². The number of hydrogen-bond acceptors (Lipinski definition) is 7. The summed E-state index contributed by atoms with van der Waals surface area (Å²) in [6.45, 7) is 0.788. The van der Waals surface area contributed by atoms with E-state index < -0.39 is 42.2 Å². The molecule has 138 valence electrons. The van der Waals surface area contributed by atoms with Crippen molar-refractivity contribution in [3.05, 3.63) is 58.6 Å². The van der Waals surface area contributed by atoms with Crippen LogP contribution in [0.4, 0.5) is 5.82 Å². The lowest BCUT2D eigenvalue weighted by Gasteiger charge is -2.27. The van der Waals surface area contributed by atoms with Crippen LogP contribution in [0.2, 0.25) is 0 Å². The number of aliphatic hydroxyl groups is 3. The van der Waals surface area contributed by atoms with Gasteiger partial charge in [0.2, 0.25) is 0 Å². The smallest absolute Gasteiger partial charge is 0.351 e. The number of aliphatic hydroxyl groups excluding tert-OH is 2. The van der Waals surface area contributed by atoms with E-state index in [4.69, 9.17) is 4.74 Å². The number of aromatic nitrogens is 2. The molecule has 1 amide bonds. The first-order chi connectivity index (χ1) is 12.3. The van der Waals surface area contributed by atoms with Crippen LogP contribution in [0.3, 0.4) is 0 Å². The average molecular weight is 361 g/mol. The lowest BCUT2D eigenvalue weighted by molar-refractivity contribution is -0.0986. The third-order valence-electron chi connectivity index (χ3n) is 4.29. The van der Waals surface area contributed by atoms with Gasteiger partial charge in [-0.25, -0.2) is 4.79 Å². The third kappa shape index (κ3) is 3.25. The molecule has 2 heterocycles. The summed E-state index contributed by atoms with van der Waals surface area (Å²) in [7, 11) is 0. The fourth-order valence-electron chi connectivity index (χ4n) is 2.83. The molecule has 9 nitrogen and oxygen atoms in total. The highest BCUT2D eigenvalue weighted by atomic mass is 16.6. The normalized spacial score (nSPS) is 28.1. The predicted octanol–water partition coefficient (Wildman–Crippen LogP) is -0.503. The Kier molecular flexibility index (Phi) is 4.88. The molecule has 3 rings (SSSR count). The van der Waals surface area contributed by atoms with Crippen LogP contribution in [0.25, 0.3) is 0 Å². The molecule has 0 bridgehead atoms. The van der Waals surface area contributed by atoms with Crippen molar-refractivity contribution in [3.8, 4) is 0 Å². The maximum atomic E-state index is 12.3. The van der Waals surface area contributed by atoms with Crippen LogP contribution < -0.4 is 11.0 Å². The second-order valence-electron chi connectivity index (χ2n) is 6.20. The zero-order valence-corrected chi connectivity index (χ0v) is 13.9. The van der Waals surface area contributed by atoms with Gasteiger partial charge in [-0.2, -0.15) is 4.98 Å². The Hall–Kier alpha value is -2.59. The molecule has 0 radical (unpaired) electrons. The van der Waals surface area contributed by atoms with Crippen LogP contribution in [0, 0.1) is 0 Å². The SMILES string of the molecule is C[C@]1(O)C(O)C(CO)O[C@H]1n1ccc(NC(=O)c2ccccc2)nc1=O. The molecule has 1 saturated heterocycles. The van der Waals surface area contributed by atoms with Crippen molar-refractivity contribution in [2.75, 3.05) is 11.9 Å². The van der Waals surface area contributed by atoms with E-state index in [0.717, 1.165) is 4.57 Å². The van der Waals surface area contributed by atoms with Crippen LogP contribution in [0.15, 0.2) is 47.4 Å². The number of anilines is 1. The Morgan fingerprint density at radius 3 is 2.62 bits per heavy atom. The predicted molar refractivity (Wildman–Crippen MR) is 90.5 cm³/mol. The largest absolute Gasteiger partial charge is 0.394 e. The van der Waals surface area contributed by atoms with E-state index in [0.29, 0.717) is 5.56 Å². The maximum absolute atomic E-state index is 12.3. The number of nitrogens with zero attached hydrogens (tertiary/aromatic N) is 2. The van der Waals surface area contributed by atoms with Gasteiger partial charge in [0, 0.05) is 11.8 Å². The number of nitrogens with one attached hydrogen (secondary N) is 1. The molecular formula is C17H19N3O6. The first-order valence-corrected chi connectivity index (χ1v) is 7.97. The summed E-state index contributed by atoms with van der Waals surface area (Å²) in [6, 6.07) is 9.82. The highest BCUT2D eigenvalue weighted by molar-refractivity contribution is 6.03. The number of carbonyl (C=O) groups is 1. The van der Waals surface area contributed by atoms with E-state index in [1.807, 2.05) is 0 Å². The number of benzene rings is 1. The van der Waals surface area contributed by atoms with Gasteiger partial charge in [-0.3, -0.25) is 9.36 Å². The van der Waals surface area contributed by atoms with Gasteiger partial charge in [0.05, 0.1) is 6.61 Å². The summed E-state index contributed by atoms with van der Waals surface area (Å²) >= 11 is 0. The molecule has 4 atom stereocenters. The molecule has 1 aliphatic rings. The lowest BCUT2D eigenvalue weighted by atomic mass is 9.96. The lowest BCUT2D eigenvalue weighted by Crippen LogP contribution is -2.46. The third-order valence-corrected chi connectivity index (χ3v) is 4.29.